The lowest BCUT2D eigenvalue weighted by molar-refractivity contribution is 0.0702. The van der Waals surface area contributed by atoms with Gasteiger partial charge in [0, 0.05) is 15.6 Å². The molecule has 1 N–H and O–H groups in total. The van der Waals surface area contributed by atoms with Crippen LogP contribution in [-0.2, 0) is 9.47 Å². The molecule has 0 unspecified atom stereocenters. The second-order valence-corrected chi connectivity index (χ2v) is 5.42. The van der Waals surface area contributed by atoms with Crippen LogP contribution in [0.2, 0.25) is 0 Å². The van der Waals surface area contributed by atoms with Crippen molar-refractivity contribution in [1.29, 1.82) is 0 Å². The number of fused-ring (bicyclic) bond motifs is 1. The van der Waals surface area contributed by atoms with Crippen molar-refractivity contribution < 1.29 is 19.4 Å². The SMILES string of the molecule is O=C(O)c1cc2scc(C3=COCCO3)c2s1. The van der Waals surface area contributed by atoms with Crippen molar-refractivity contribution in [2.24, 2.45) is 0 Å². The molecule has 0 fully saturated rings. The summed E-state index contributed by atoms with van der Waals surface area (Å²) in [4.78, 5) is 11.3. The maximum atomic E-state index is 10.9. The summed E-state index contributed by atoms with van der Waals surface area (Å²) < 4.78 is 12.6. The summed E-state index contributed by atoms with van der Waals surface area (Å²) in [6.45, 7) is 1.09. The molecule has 0 radical (unpaired) electrons. The molecule has 3 heterocycles. The van der Waals surface area contributed by atoms with Crippen LogP contribution in [0.1, 0.15) is 15.2 Å². The average molecular weight is 268 g/mol. The van der Waals surface area contributed by atoms with Gasteiger partial charge in [0.1, 0.15) is 24.4 Å². The molecule has 0 bridgehead atoms. The summed E-state index contributed by atoms with van der Waals surface area (Å²) in [6, 6.07) is 1.70. The quantitative estimate of drug-likeness (QED) is 0.909. The predicted octanol–water partition coefficient (Wildman–Crippen LogP) is 3.01. The molecule has 2 aromatic heterocycles. The minimum absolute atomic E-state index is 0.352. The molecule has 4 nitrogen and oxygen atoms in total. The highest BCUT2D eigenvalue weighted by atomic mass is 32.1. The van der Waals surface area contributed by atoms with Crippen LogP contribution in [0.4, 0.5) is 0 Å². The molecule has 2 aromatic rings. The lowest BCUT2D eigenvalue weighted by Crippen LogP contribution is -2.06. The lowest BCUT2D eigenvalue weighted by Gasteiger charge is -2.14. The lowest BCUT2D eigenvalue weighted by atomic mass is 10.3. The summed E-state index contributed by atoms with van der Waals surface area (Å²) in [5.74, 6) is -0.208. The maximum absolute atomic E-state index is 10.9. The van der Waals surface area contributed by atoms with E-state index in [1.165, 1.54) is 22.7 Å². The van der Waals surface area contributed by atoms with Gasteiger partial charge in [-0.3, -0.25) is 0 Å². The van der Waals surface area contributed by atoms with Crippen molar-refractivity contribution in [3.05, 3.63) is 28.1 Å². The Bertz CT molecular complexity index is 608. The molecule has 0 atom stereocenters. The number of carboxylic acid groups (broad SMARTS) is 1. The Morgan fingerprint density at radius 2 is 2.29 bits per heavy atom. The molecule has 3 rings (SSSR count). The van der Waals surface area contributed by atoms with Crippen LogP contribution in [0, 0.1) is 0 Å². The van der Waals surface area contributed by atoms with E-state index in [0.29, 0.717) is 23.9 Å². The van der Waals surface area contributed by atoms with Crippen molar-refractivity contribution in [3.63, 3.8) is 0 Å². The number of hydrogen-bond acceptors (Lipinski definition) is 5. The fraction of sp³-hybridized carbons (Fsp3) is 0.182. The number of thiophene rings is 2. The van der Waals surface area contributed by atoms with Crippen molar-refractivity contribution in [1.82, 2.24) is 0 Å². The van der Waals surface area contributed by atoms with Crippen molar-refractivity contribution in [2.75, 3.05) is 13.2 Å². The van der Waals surface area contributed by atoms with E-state index in [4.69, 9.17) is 14.6 Å². The third kappa shape index (κ3) is 1.79. The number of hydrogen-bond donors (Lipinski definition) is 1. The van der Waals surface area contributed by atoms with Gasteiger partial charge < -0.3 is 14.6 Å². The van der Waals surface area contributed by atoms with Crippen molar-refractivity contribution in [2.45, 2.75) is 0 Å². The predicted molar refractivity (Wildman–Crippen MR) is 66.5 cm³/mol. The van der Waals surface area contributed by atoms with Crippen LogP contribution in [0.15, 0.2) is 17.7 Å². The smallest absolute Gasteiger partial charge is 0.345 e. The number of carboxylic acids is 1. The highest BCUT2D eigenvalue weighted by Crippen LogP contribution is 2.38. The number of aromatic carboxylic acids is 1. The molecule has 0 spiro atoms. The van der Waals surface area contributed by atoms with Gasteiger partial charge in [-0.05, 0) is 6.07 Å². The number of ether oxygens (including phenoxy) is 2. The summed E-state index contributed by atoms with van der Waals surface area (Å²) in [5, 5.41) is 10.9. The van der Waals surface area contributed by atoms with Crippen LogP contribution < -0.4 is 0 Å². The molecular weight excluding hydrogens is 260 g/mol. The van der Waals surface area contributed by atoms with Gasteiger partial charge in [-0.1, -0.05) is 0 Å². The Morgan fingerprint density at radius 1 is 1.41 bits per heavy atom. The van der Waals surface area contributed by atoms with Crippen molar-refractivity contribution in [3.8, 4) is 0 Å². The average Bonchev–Trinajstić information content (AvgIpc) is 2.89. The van der Waals surface area contributed by atoms with E-state index in [9.17, 15) is 4.79 Å². The summed E-state index contributed by atoms with van der Waals surface area (Å²) in [5.41, 5.74) is 0.919. The van der Waals surface area contributed by atoms with E-state index in [-0.39, 0.29) is 0 Å². The van der Waals surface area contributed by atoms with E-state index < -0.39 is 5.97 Å². The van der Waals surface area contributed by atoms with Crippen LogP contribution >= 0.6 is 22.7 Å². The summed E-state index contributed by atoms with van der Waals surface area (Å²) in [7, 11) is 0. The first-order valence-electron chi connectivity index (χ1n) is 4.95. The molecule has 6 heteroatoms. The minimum Gasteiger partial charge on any atom is -0.494 e. The van der Waals surface area contributed by atoms with E-state index in [1.807, 2.05) is 5.38 Å². The van der Waals surface area contributed by atoms with E-state index in [2.05, 4.69) is 0 Å². The van der Waals surface area contributed by atoms with Gasteiger partial charge >= 0.3 is 5.97 Å². The van der Waals surface area contributed by atoms with Gasteiger partial charge in [0.05, 0.1) is 4.70 Å². The molecule has 17 heavy (non-hydrogen) atoms. The van der Waals surface area contributed by atoms with Crippen LogP contribution in [0.5, 0.6) is 0 Å². The Balaban J connectivity index is 2.10. The monoisotopic (exact) mass is 268 g/mol. The molecule has 0 amide bonds. The van der Waals surface area contributed by atoms with E-state index in [0.717, 1.165) is 15.0 Å². The fourth-order valence-electron chi connectivity index (χ4n) is 1.61. The van der Waals surface area contributed by atoms with Gasteiger partial charge in [-0.15, -0.1) is 22.7 Å². The van der Waals surface area contributed by atoms with Gasteiger partial charge in [0.25, 0.3) is 0 Å². The zero-order valence-corrected chi connectivity index (χ0v) is 10.3. The van der Waals surface area contributed by atoms with Crippen molar-refractivity contribution >= 4 is 43.8 Å². The minimum atomic E-state index is -0.890. The zero-order valence-electron chi connectivity index (χ0n) is 8.63. The standard InChI is InChI=1S/C11H8O4S2/c12-11(13)9-3-8-10(17-9)6(5-16-8)7-4-14-1-2-15-7/h3-5H,1-2H2,(H,12,13). The fourth-order valence-corrected chi connectivity index (χ4v) is 3.82. The molecule has 1 aliphatic heterocycles. The molecule has 1 aliphatic rings. The summed E-state index contributed by atoms with van der Waals surface area (Å²) >= 11 is 2.78. The summed E-state index contributed by atoms with van der Waals surface area (Å²) in [6.07, 6.45) is 1.59. The Kier molecular flexibility index (Phi) is 2.53. The topological polar surface area (TPSA) is 55.8 Å². The third-order valence-corrected chi connectivity index (χ3v) is 4.59. The zero-order chi connectivity index (χ0) is 11.8. The Labute approximate surface area is 105 Å². The molecular formula is C11H8O4S2. The van der Waals surface area contributed by atoms with Crippen LogP contribution in [0.25, 0.3) is 15.2 Å². The second kappa shape index (κ2) is 4.05. The molecule has 0 saturated carbocycles. The first-order valence-corrected chi connectivity index (χ1v) is 6.64. The Hall–Kier alpha value is -1.53. The van der Waals surface area contributed by atoms with Gasteiger partial charge in [-0.25, -0.2) is 4.79 Å². The first kappa shape index (κ1) is 10.6. The van der Waals surface area contributed by atoms with Gasteiger partial charge in [0.2, 0.25) is 0 Å². The van der Waals surface area contributed by atoms with Crippen LogP contribution in [-0.4, -0.2) is 24.3 Å². The first-order chi connectivity index (χ1) is 8.25. The largest absolute Gasteiger partial charge is 0.494 e. The normalized spacial score (nSPS) is 15.2. The second-order valence-electron chi connectivity index (χ2n) is 3.46. The molecule has 0 aromatic carbocycles. The number of rotatable bonds is 2. The third-order valence-electron chi connectivity index (χ3n) is 2.37. The number of carbonyl (C=O) groups is 1. The molecule has 0 saturated heterocycles. The van der Waals surface area contributed by atoms with Gasteiger partial charge in [0.15, 0.2) is 5.76 Å². The molecule has 88 valence electrons. The van der Waals surface area contributed by atoms with E-state index >= 15 is 0 Å². The highest BCUT2D eigenvalue weighted by molar-refractivity contribution is 7.28. The maximum Gasteiger partial charge on any atom is 0.345 e. The van der Waals surface area contributed by atoms with E-state index in [1.54, 1.807) is 12.3 Å². The van der Waals surface area contributed by atoms with Gasteiger partial charge in [-0.2, -0.15) is 0 Å². The van der Waals surface area contributed by atoms with Crippen LogP contribution in [0.3, 0.4) is 0 Å². The Morgan fingerprint density at radius 3 is 3.00 bits per heavy atom. The molecule has 0 aliphatic carbocycles. The highest BCUT2D eigenvalue weighted by Gasteiger charge is 2.17.